The van der Waals surface area contributed by atoms with Gasteiger partial charge in [0.15, 0.2) is 6.10 Å². The van der Waals surface area contributed by atoms with Crippen LogP contribution >= 0.6 is 0 Å². The van der Waals surface area contributed by atoms with Gasteiger partial charge >= 0.3 is 0 Å². The van der Waals surface area contributed by atoms with E-state index in [0.29, 0.717) is 25.7 Å². The van der Waals surface area contributed by atoms with Crippen LogP contribution in [0.4, 0.5) is 0 Å². The maximum atomic E-state index is 12.3. The highest BCUT2D eigenvalue weighted by molar-refractivity contribution is 5.81. The topological polar surface area (TPSA) is 47.6 Å². The van der Waals surface area contributed by atoms with Crippen LogP contribution in [0.2, 0.25) is 0 Å². The van der Waals surface area contributed by atoms with Crippen molar-refractivity contribution in [3.8, 4) is 0 Å². The van der Waals surface area contributed by atoms with Gasteiger partial charge in [-0.3, -0.25) is 4.79 Å². The van der Waals surface area contributed by atoms with E-state index >= 15 is 0 Å². The van der Waals surface area contributed by atoms with Crippen LogP contribution in [0.25, 0.3) is 0 Å². The molecule has 1 N–H and O–H groups in total. The molecule has 116 valence electrons. The van der Waals surface area contributed by atoms with Crippen molar-refractivity contribution in [3.63, 3.8) is 0 Å². The Balaban J connectivity index is 2.05. The van der Waals surface area contributed by atoms with Gasteiger partial charge in [-0.05, 0) is 23.5 Å². The van der Waals surface area contributed by atoms with Gasteiger partial charge in [0.05, 0.1) is 25.9 Å². The van der Waals surface area contributed by atoms with Crippen LogP contribution in [-0.2, 0) is 20.7 Å². The van der Waals surface area contributed by atoms with E-state index in [2.05, 4.69) is 50.4 Å². The number of carbonyl (C=O) groups is 1. The minimum Gasteiger partial charge on any atom is -0.376 e. The Morgan fingerprint density at radius 3 is 2.52 bits per heavy atom. The maximum absolute atomic E-state index is 12.3. The van der Waals surface area contributed by atoms with E-state index in [-0.39, 0.29) is 11.9 Å². The van der Waals surface area contributed by atoms with Crippen LogP contribution in [0.3, 0.4) is 0 Å². The van der Waals surface area contributed by atoms with E-state index in [0.717, 1.165) is 12.0 Å². The van der Waals surface area contributed by atoms with E-state index in [9.17, 15) is 4.79 Å². The van der Waals surface area contributed by atoms with Gasteiger partial charge in [-0.1, -0.05) is 45.0 Å². The zero-order chi connectivity index (χ0) is 15.2. The van der Waals surface area contributed by atoms with E-state index in [4.69, 9.17) is 9.47 Å². The highest BCUT2D eigenvalue weighted by atomic mass is 16.6. The molecule has 0 radical (unpaired) electrons. The number of amides is 1. The third-order valence-corrected chi connectivity index (χ3v) is 3.82. The van der Waals surface area contributed by atoms with Crippen molar-refractivity contribution in [2.75, 3.05) is 19.8 Å². The maximum Gasteiger partial charge on any atom is 0.252 e. The summed E-state index contributed by atoms with van der Waals surface area (Å²) >= 11 is 0. The van der Waals surface area contributed by atoms with Gasteiger partial charge in [0.1, 0.15) is 0 Å². The van der Waals surface area contributed by atoms with Crippen molar-refractivity contribution in [2.45, 2.75) is 39.3 Å². The average molecular weight is 291 g/mol. The van der Waals surface area contributed by atoms with E-state index in [1.807, 2.05) is 0 Å². The molecule has 1 aliphatic heterocycles. The summed E-state index contributed by atoms with van der Waals surface area (Å²) in [6.45, 7) is 7.74. The molecule has 1 saturated heterocycles. The Hall–Kier alpha value is -1.39. The number of hydrogen-bond acceptors (Lipinski definition) is 3. The van der Waals surface area contributed by atoms with Crippen molar-refractivity contribution >= 4 is 5.91 Å². The van der Waals surface area contributed by atoms with Crippen molar-refractivity contribution in [1.82, 2.24) is 5.32 Å². The van der Waals surface area contributed by atoms with Crippen LogP contribution in [-0.4, -0.2) is 31.8 Å². The molecule has 4 heteroatoms. The van der Waals surface area contributed by atoms with Gasteiger partial charge < -0.3 is 14.8 Å². The summed E-state index contributed by atoms with van der Waals surface area (Å²) in [6.07, 6.45) is 0.529. The third-order valence-electron chi connectivity index (χ3n) is 3.82. The highest BCUT2D eigenvalue weighted by Gasteiger charge is 2.26. The Morgan fingerprint density at radius 1 is 1.29 bits per heavy atom. The quantitative estimate of drug-likeness (QED) is 0.906. The number of ether oxygens (including phenoxy) is 2. The summed E-state index contributed by atoms with van der Waals surface area (Å²) in [5.41, 5.74) is 2.43. The SMILES string of the molecule is CCc1ccc([C@@H](NC(=O)[C@H]2COCCO2)C(C)C)cc1. The summed E-state index contributed by atoms with van der Waals surface area (Å²) in [5.74, 6) is 0.221. The number of hydrogen-bond donors (Lipinski definition) is 1. The normalized spacial score (nSPS) is 20.3. The third kappa shape index (κ3) is 4.29. The summed E-state index contributed by atoms with van der Waals surface area (Å²) in [5, 5.41) is 3.10. The molecule has 2 atom stereocenters. The molecule has 0 unspecified atom stereocenters. The fraction of sp³-hybridized carbons (Fsp3) is 0.588. The van der Waals surface area contributed by atoms with Crippen LogP contribution in [0.15, 0.2) is 24.3 Å². The first kappa shape index (κ1) is 16.0. The van der Waals surface area contributed by atoms with Gasteiger partial charge in [-0.25, -0.2) is 0 Å². The lowest BCUT2D eigenvalue weighted by atomic mass is 9.94. The molecule has 0 aromatic heterocycles. The lowest BCUT2D eigenvalue weighted by Crippen LogP contribution is -2.45. The average Bonchev–Trinajstić information content (AvgIpc) is 2.53. The fourth-order valence-electron chi connectivity index (χ4n) is 2.48. The summed E-state index contributed by atoms with van der Waals surface area (Å²) in [4.78, 5) is 12.3. The highest BCUT2D eigenvalue weighted by Crippen LogP contribution is 2.22. The van der Waals surface area contributed by atoms with Gasteiger partial charge in [0.25, 0.3) is 5.91 Å². The molecule has 0 bridgehead atoms. The van der Waals surface area contributed by atoms with Gasteiger partial charge in [-0.15, -0.1) is 0 Å². The monoisotopic (exact) mass is 291 g/mol. The molecule has 1 fully saturated rings. The molecule has 4 nitrogen and oxygen atoms in total. The van der Waals surface area contributed by atoms with Crippen LogP contribution in [0, 0.1) is 5.92 Å². The second-order valence-electron chi connectivity index (χ2n) is 5.76. The molecule has 0 saturated carbocycles. The number of carbonyl (C=O) groups excluding carboxylic acids is 1. The van der Waals surface area contributed by atoms with E-state index < -0.39 is 6.10 Å². The zero-order valence-corrected chi connectivity index (χ0v) is 13.1. The molecule has 0 spiro atoms. The number of nitrogens with one attached hydrogen (secondary N) is 1. The van der Waals surface area contributed by atoms with Gasteiger partial charge in [-0.2, -0.15) is 0 Å². The molecule has 0 aliphatic carbocycles. The van der Waals surface area contributed by atoms with Crippen molar-refractivity contribution in [3.05, 3.63) is 35.4 Å². The minimum absolute atomic E-state index is 0.00562. The molecular weight excluding hydrogens is 266 g/mol. The molecule has 2 rings (SSSR count). The van der Waals surface area contributed by atoms with Gasteiger partial charge in [0.2, 0.25) is 0 Å². The van der Waals surface area contributed by atoms with E-state index in [1.165, 1.54) is 5.56 Å². The number of rotatable bonds is 5. The second kappa shape index (κ2) is 7.57. The Kier molecular flexibility index (Phi) is 5.76. The molecule has 1 heterocycles. The van der Waals surface area contributed by atoms with Crippen molar-refractivity contribution < 1.29 is 14.3 Å². The van der Waals surface area contributed by atoms with Gasteiger partial charge in [0, 0.05) is 0 Å². The first-order valence-corrected chi connectivity index (χ1v) is 7.70. The molecule has 1 aromatic carbocycles. The van der Waals surface area contributed by atoms with Crippen molar-refractivity contribution in [1.29, 1.82) is 0 Å². The Bertz CT molecular complexity index is 450. The van der Waals surface area contributed by atoms with Crippen LogP contribution in [0.5, 0.6) is 0 Å². The summed E-state index contributed by atoms with van der Waals surface area (Å²) in [7, 11) is 0. The second-order valence-corrected chi connectivity index (χ2v) is 5.76. The molecule has 1 amide bonds. The smallest absolute Gasteiger partial charge is 0.252 e. The van der Waals surface area contributed by atoms with Crippen LogP contribution < -0.4 is 5.32 Å². The predicted molar refractivity (Wildman–Crippen MR) is 82.1 cm³/mol. The molecule has 1 aliphatic rings. The first-order chi connectivity index (χ1) is 10.1. The Morgan fingerprint density at radius 2 is 2.00 bits per heavy atom. The summed E-state index contributed by atoms with van der Waals surface area (Å²) < 4.78 is 10.8. The molecule has 21 heavy (non-hydrogen) atoms. The lowest BCUT2D eigenvalue weighted by molar-refractivity contribution is -0.148. The van der Waals surface area contributed by atoms with Crippen molar-refractivity contribution in [2.24, 2.45) is 5.92 Å². The standard InChI is InChI=1S/C17H25NO3/c1-4-13-5-7-14(8-6-13)16(12(2)3)18-17(19)15-11-20-9-10-21-15/h5-8,12,15-16H,4,9-11H2,1-3H3,(H,18,19)/t15-,16+/m1/s1. The molecule has 1 aromatic rings. The largest absolute Gasteiger partial charge is 0.376 e. The fourth-order valence-corrected chi connectivity index (χ4v) is 2.48. The van der Waals surface area contributed by atoms with Crippen LogP contribution in [0.1, 0.15) is 37.9 Å². The van der Waals surface area contributed by atoms with E-state index in [1.54, 1.807) is 0 Å². The predicted octanol–water partition coefficient (Wildman–Crippen LogP) is 2.48. The summed E-state index contributed by atoms with van der Waals surface area (Å²) in [6, 6.07) is 8.44. The number of benzene rings is 1. The number of aryl methyl sites for hydroxylation is 1. The lowest BCUT2D eigenvalue weighted by Gasteiger charge is -2.27. The molecular formula is C17H25NO3. The minimum atomic E-state index is -0.491. The zero-order valence-electron chi connectivity index (χ0n) is 13.1. The Labute approximate surface area is 126 Å². The first-order valence-electron chi connectivity index (χ1n) is 7.70.